The summed E-state index contributed by atoms with van der Waals surface area (Å²) in [4.78, 5) is 25.6. The first-order valence-electron chi connectivity index (χ1n) is 8.70. The first-order chi connectivity index (χ1) is 11.7. The maximum absolute atomic E-state index is 12.2. The molecule has 1 spiro atoms. The molecular weight excluding hydrogens is 302 g/mol. The van der Waals surface area contributed by atoms with Crippen LogP contribution in [0.25, 0.3) is 5.57 Å². The number of aldehydes is 1. The number of carbonyl (C=O) groups excluding carboxylic acids is 2. The van der Waals surface area contributed by atoms with Gasteiger partial charge in [0.1, 0.15) is 6.29 Å². The highest BCUT2D eigenvalue weighted by atomic mass is 16.6. The Kier molecular flexibility index (Phi) is 2.89. The fourth-order valence-corrected chi connectivity index (χ4v) is 5.05. The lowest BCUT2D eigenvalue weighted by Gasteiger charge is -2.38. The third-order valence-electron chi connectivity index (χ3n) is 6.03. The number of hydrogen-bond donors (Lipinski definition) is 0. The fraction of sp³-hybridized carbons (Fsp3) is 0.400. The molecule has 3 atom stereocenters. The lowest BCUT2D eigenvalue weighted by atomic mass is 9.75. The van der Waals surface area contributed by atoms with Crippen LogP contribution in [0, 0.1) is 0 Å². The number of nitrogens with zero attached hydrogens (tertiary/aromatic N) is 1. The second-order valence-electron chi connectivity index (χ2n) is 7.21. The molecule has 1 aliphatic carbocycles. The van der Waals surface area contributed by atoms with Gasteiger partial charge in [-0.1, -0.05) is 36.8 Å². The Labute approximate surface area is 140 Å². The molecule has 0 N–H and O–H groups in total. The average Bonchev–Trinajstić information content (AvgIpc) is 3.10. The third kappa shape index (κ3) is 1.77. The van der Waals surface area contributed by atoms with Gasteiger partial charge in [-0.05, 0) is 30.5 Å². The molecule has 3 heterocycles. The van der Waals surface area contributed by atoms with Crippen molar-refractivity contribution in [3.05, 3.63) is 53.1 Å². The van der Waals surface area contributed by atoms with Crippen molar-refractivity contribution >= 4 is 17.8 Å². The number of carbonyl (C=O) groups is 2. The van der Waals surface area contributed by atoms with Gasteiger partial charge in [0.2, 0.25) is 0 Å². The van der Waals surface area contributed by atoms with E-state index in [1.54, 1.807) is 6.08 Å². The topological polar surface area (TPSA) is 46.6 Å². The number of fused-ring (bicyclic) bond motifs is 3. The van der Waals surface area contributed by atoms with Gasteiger partial charge in [-0.25, -0.2) is 4.79 Å². The Morgan fingerprint density at radius 2 is 2.04 bits per heavy atom. The number of benzene rings is 1. The quantitative estimate of drug-likeness (QED) is 0.621. The summed E-state index contributed by atoms with van der Waals surface area (Å²) in [7, 11) is 0. The fourth-order valence-electron chi connectivity index (χ4n) is 5.05. The Balaban J connectivity index is 1.64. The van der Waals surface area contributed by atoms with Gasteiger partial charge in [-0.15, -0.1) is 0 Å². The molecule has 0 aromatic heterocycles. The van der Waals surface area contributed by atoms with Crippen LogP contribution in [-0.4, -0.2) is 41.4 Å². The van der Waals surface area contributed by atoms with Gasteiger partial charge in [-0.2, -0.15) is 0 Å². The third-order valence-corrected chi connectivity index (χ3v) is 6.03. The second kappa shape index (κ2) is 4.90. The number of rotatable bonds is 2. The lowest BCUT2D eigenvalue weighted by molar-refractivity contribution is -0.148. The van der Waals surface area contributed by atoms with Crippen LogP contribution < -0.4 is 0 Å². The highest BCUT2D eigenvalue weighted by Gasteiger charge is 2.61. The minimum Gasteiger partial charge on any atom is -0.449 e. The normalized spacial score (nSPS) is 34.1. The van der Waals surface area contributed by atoms with Crippen molar-refractivity contribution in [1.29, 1.82) is 0 Å². The first-order valence-corrected chi connectivity index (χ1v) is 8.70. The minimum absolute atomic E-state index is 0.214. The summed E-state index contributed by atoms with van der Waals surface area (Å²) in [6.45, 7) is 1.08. The molecule has 1 aromatic rings. The largest absolute Gasteiger partial charge is 0.449 e. The van der Waals surface area contributed by atoms with Gasteiger partial charge >= 0.3 is 5.97 Å². The van der Waals surface area contributed by atoms with Crippen LogP contribution in [0.2, 0.25) is 0 Å². The van der Waals surface area contributed by atoms with E-state index in [-0.39, 0.29) is 5.97 Å². The van der Waals surface area contributed by atoms with Crippen LogP contribution in [0.3, 0.4) is 0 Å². The van der Waals surface area contributed by atoms with E-state index in [2.05, 4.69) is 11.0 Å². The van der Waals surface area contributed by atoms with Crippen LogP contribution >= 0.6 is 0 Å². The van der Waals surface area contributed by atoms with Crippen LogP contribution in [0.4, 0.5) is 0 Å². The predicted octanol–water partition coefficient (Wildman–Crippen LogP) is 2.74. The van der Waals surface area contributed by atoms with Gasteiger partial charge in [0, 0.05) is 29.7 Å². The summed E-state index contributed by atoms with van der Waals surface area (Å²) in [5.41, 5.74) is 3.40. The van der Waals surface area contributed by atoms with E-state index in [9.17, 15) is 9.59 Å². The molecule has 2 bridgehead atoms. The smallest absolute Gasteiger partial charge is 0.332 e. The van der Waals surface area contributed by atoms with E-state index in [1.807, 2.05) is 24.3 Å². The summed E-state index contributed by atoms with van der Waals surface area (Å²) in [6.07, 6.45) is 9.22. The van der Waals surface area contributed by atoms with Gasteiger partial charge < -0.3 is 4.74 Å². The molecule has 0 saturated carbocycles. The predicted molar refractivity (Wildman–Crippen MR) is 89.5 cm³/mol. The Hall–Kier alpha value is -2.20. The molecule has 2 saturated heterocycles. The molecule has 1 aromatic carbocycles. The van der Waals surface area contributed by atoms with E-state index in [1.165, 1.54) is 12.8 Å². The zero-order chi connectivity index (χ0) is 16.3. The summed E-state index contributed by atoms with van der Waals surface area (Å²) in [5, 5.41) is 0. The van der Waals surface area contributed by atoms with Gasteiger partial charge in [0.25, 0.3) is 0 Å². The van der Waals surface area contributed by atoms with E-state index in [4.69, 9.17) is 4.74 Å². The Morgan fingerprint density at radius 3 is 2.83 bits per heavy atom. The van der Waals surface area contributed by atoms with Crippen LogP contribution in [0.1, 0.15) is 41.6 Å². The van der Waals surface area contributed by atoms with Crippen molar-refractivity contribution in [2.45, 2.75) is 43.4 Å². The van der Waals surface area contributed by atoms with Crippen molar-refractivity contribution in [3.63, 3.8) is 0 Å². The molecule has 3 aliphatic heterocycles. The van der Waals surface area contributed by atoms with Crippen LogP contribution in [0.15, 0.2) is 42.0 Å². The molecule has 5 rings (SSSR count). The van der Waals surface area contributed by atoms with E-state index < -0.39 is 5.60 Å². The molecule has 122 valence electrons. The molecule has 2 fully saturated rings. The summed E-state index contributed by atoms with van der Waals surface area (Å²) < 4.78 is 5.94. The molecule has 0 unspecified atom stereocenters. The summed E-state index contributed by atoms with van der Waals surface area (Å²) in [5.74, 6) is -0.214. The van der Waals surface area contributed by atoms with Crippen molar-refractivity contribution in [1.82, 2.24) is 4.90 Å². The monoisotopic (exact) mass is 321 g/mol. The number of ether oxygens (including phenoxy) is 1. The standard InChI is InChI=1S/C20H19NO3/c22-12-13-4-6-14(7-5-13)16-9-15-11-20(17(16)10-19(23)24-20)18-3-1-2-8-21(15)18/h4-7,9-10,12,15,18H,1-3,8,11H2/t15-,18-,20+/m1/s1. The molecule has 0 radical (unpaired) electrons. The zero-order valence-electron chi connectivity index (χ0n) is 13.4. The highest BCUT2D eigenvalue weighted by molar-refractivity contribution is 5.97. The van der Waals surface area contributed by atoms with E-state index in [0.717, 1.165) is 42.4 Å². The summed E-state index contributed by atoms with van der Waals surface area (Å²) >= 11 is 0. The van der Waals surface area contributed by atoms with Crippen molar-refractivity contribution in [2.24, 2.45) is 0 Å². The number of hydrogen-bond acceptors (Lipinski definition) is 4. The van der Waals surface area contributed by atoms with Crippen molar-refractivity contribution < 1.29 is 14.3 Å². The van der Waals surface area contributed by atoms with Crippen LogP contribution in [0.5, 0.6) is 0 Å². The molecule has 0 amide bonds. The average molecular weight is 321 g/mol. The maximum atomic E-state index is 12.2. The molecule has 24 heavy (non-hydrogen) atoms. The molecular formula is C20H19NO3. The van der Waals surface area contributed by atoms with E-state index in [0.29, 0.717) is 17.6 Å². The van der Waals surface area contributed by atoms with Crippen molar-refractivity contribution in [3.8, 4) is 0 Å². The maximum Gasteiger partial charge on any atom is 0.332 e. The second-order valence-corrected chi connectivity index (χ2v) is 7.21. The Morgan fingerprint density at radius 1 is 1.21 bits per heavy atom. The zero-order valence-corrected chi connectivity index (χ0v) is 13.4. The SMILES string of the molecule is O=Cc1ccc(C2=C[C@@H]3C[C@@]4(OC(=O)C=C24)[C@H]2CCCCN32)cc1. The lowest BCUT2D eigenvalue weighted by Crippen LogP contribution is -2.48. The minimum atomic E-state index is -0.463. The van der Waals surface area contributed by atoms with Crippen LogP contribution in [-0.2, 0) is 9.53 Å². The highest BCUT2D eigenvalue weighted by Crippen LogP contribution is 2.55. The first kappa shape index (κ1) is 14.2. The summed E-state index contributed by atoms with van der Waals surface area (Å²) in [6, 6.07) is 8.24. The molecule has 4 heteroatoms. The molecule has 4 nitrogen and oxygen atoms in total. The van der Waals surface area contributed by atoms with Gasteiger partial charge in [0.05, 0.1) is 6.04 Å². The van der Waals surface area contributed by atoms with Gasteiger partial charge in [0.15, 0.2) is 5.60 Å². The molecule has 4 aliphatic rings. The Bertz CT molecular complexity index is 792. The van der Waals surface area contributed by atoms with Crippen molar-refractivity contribution in [2.75, 3.05) is 6.54 Å². The number of esters is 1. The van der Waals surface area contributed by atoms with Gasteiger partial charge in [-0.3, -0.25) is 9.69 Å². The number of piperidine rings is 1. The van der Waals surface area contributed by atoms with E-state index >= 15 is 0 Å².